The number of hydrogen-bond donors (Lipinski definition) is 1. The van der Waals surface area contributed by atoms with Crippen LogP contribution in [0.5, 0.6) is 0 Å². The molecular weight excluding hydrogens is 252 g/mol. The quantitative estimate of drug-likeness (QED) is 0.908. The van der Waals surface area contributed by atoms with Gasteiger partial charge in [-0.3, -0.25) is 0 Å². The Morgan fingerprint density at radius 1 is 1.35 bits per heavy atom. The number of halogens is 1. The van der Waals surface area contributed by atoms with Crippen molar-refractivity contribution in [3.63, 3.8) is 0 Å². The summed E-state index contributed by atoms with van der Waals surface area (Å²) < 4.78 is 0. The summed E-state index contributed by atoms with van der Waals surface area (Å²) in [5, 5.41) is 4.08. The van der Waals surface area contributed by atoms with Gasteiger partial charge in [-0.05, 0) is 31.7 Å². The van der Waals surface area contributed by atoms with Crippen LogP contribution in [0.4, 0.5) is 5.69 Å². The molecule has 1 atom stereocenters. The van der Waals surface area contributed by atoms with Crippen molar-refractivity contribution in [3.8, 4) is 0 Å². The molecule has 1 saturated heterocycles. The number of thioether (sulfide) groups is 1. The molecule has 0 amide bonds. The lowest BCUT2D eigenvalue weighted by Gasteiger charge is -2.29. The molecule has 0 spiro atoms. The van der Waals surface area contributed by atoms with E-state index in [0.717, 1.165) is 18.1 Å². The van der Waals surface area contributed by atoms with E-state index in [1.165, 1.54) is 22.8 Å². The van der Waals surface area contributed by atoms with Crippen molar-refractivity contribution in [3.05, 3.63) is 28.8 Å². The molecular formula is C13H19ClN2S. The first-order valence-corrected chi connectivity index (χ1v) is 7.55. The van der Waals surface area contributed by atoms with E-state index < -0.39 is 0 Å². The van der Waals surface area contributed by atoms with E-state index in [1.54, 1.807) is 0 Å². The van der Waals surface area contributed by atoms with Crippen molar-refractivity contribution in [1.29, 1.82) is 0 Å². The second-order valence-electron chi connectivity index (χ2n) is 4.32. The maximum atomic E-state index is 6.35. The van der Waals surface area contributed by atoms with Crippen LogP contribution < -0.4 is 10.2 Å². The first-order chi connectivity index (χ1) is 8.22. The number of anilines is 1. The number of benzene rings is 1. The molecule has 1 aromatic carbocycles. The third-order valence-electron chi connectivity index (χ3n) is 3.26. The summed E-state index contributed by atoms with van der Waals surface area (Å²) in [5.41, 5.74) is 2.42. The predicted molar refractivity (Wildman–Crippen MR) is 78.5 cm³/mol. The highest BCUT2D eigenvalue weighted by Crippen LogP contribution is 2.28. The molecule has 1 aromatic rings. The molecule has 1 aliphatic rings. The molecule has 1 unspecified atom stereocenters. The first-order valence-electron chi connectivity index (χ1n) is 6.02. The molecule has 2 rings (SSSR count). The van der Waals surface area contributed by atoms with Gasteiger partial charge < -0.3 is 10.2 Å². The molecule has 17 heavy (non-hydrogen) atoms. The molecule has 0 radical (unpaired) electrons. The van der Waals surface area contributed by atoms with E-state index in [1.807, 2.05) is 18.8 Å². The normalized spacial score (nSPS) is 18.2. The summed E-state index contributed by atoms with van der Waals surface area (Å²) in [6, 6.07) is 6.72. The molecule has 4 heteroatoms. The van der Waals surface area contributed by atoms with Gasteiger partial charge in [-0.25, -0.2) is 0 Å². The van der Waals surface area contributed by atoms with E-state index in [9.17, 15) is 0 Å². The van der Waals surface area contributed by atoms with Crippen molar-refractivity contribution in [2.24, 2.45) is 0 Å². The Labute approximate surface area is 113 Å². The second-order valence-corrected chi connectivity index (χ2v) is 5.95. The van der Waals surface area contributed by atoms with Crippen LogP contribution in [0, 0.1) is 0 Å². The molecule has 94 valence electrons. The number of rotatable bonds is 3. The van der Waals surface area contributed by atoms with Gasteiger partial charge in [0, 0.05) is 41.3 Å². The second kappa shape index (κ2) is 5.98. The Balaban J connectivity index is 2.17. The molecule has 2 nitrogen and oxygen atoms in total. The number of nitrogens with zero attached hydrogens (tertiary/aromatic N) is 1. The molecule has 1 heterocycles. The Kier molecular flexibility index (Phi) is 4.60. The van der Waals surface area contributed by atoms with Crippen molar-refractivity contribution < 1.29 is 0 Å². The van der Waals surface area contributed by atoms with Crippen LogP contribution in [0.15, 0.2) is 18.2 Å². The van der Waals surface area contributed by atoms with Crippen LogP contribution in [-0.2, 0) is 0 Å². The van der Waals surface area contributed by atoms with Gasteiger partial charge in [-0.1, -0.05) is 17.7 Å². The number of nitrogens with one attached hydrogen (secondary N) is 1. The Bertz CT molecular complexity index is 378. The fourth-order valence-corrected chi connectivity index (χ4v) is 3.28. The van der Waals surface area contributed by atoms with E-state index >= 15 is 0 Å². The third-order valence-corrected chi connectivity index (χ3v) is 4.53. The Hall–Kier alpha value is -0.380. The predicted octanol–water partition coefficient (Wildman–Crippen LogP) is 3.17. The summed E-state index contributed by atoms with van der Waals surface area (Å²) in [6.07, 6.45) is 0. The average Bonchev–Trinajstić information content (AvgIpc) is 2.39. The van der Waals surface area contributed by atoms with Crippen LogP contribution in [-0.4, -0.2) is 31.6 Å². The fourth-order valence-electron chi connectivity index (χ4n) is 2.04. The summed E-state index contributed by atoms with van der Waals surface area (Å²) in [4.78, 5) is 2.41. The summed E-state index contributed by atoms with van der Waals surface area (Å²) in [6.45, 7) is 4.38. The van der Waals surface area contributed by atoms with Crippen molar-refractivity contribution in [2.75, 3.05) is 36.5 Å². The molecule has 0 saturated carbocycles. The van der Waals surface area contributed by atoms with Gasteiger partial charge in [-0.15, -0.1) is 0 Å². The first kappa shape index (κ1) is 13.1. The molecule has 1 fully saturated rings. The third kappa shape index (κ3) is 3.09. The minimum Gasteiger partial charge on any atom is -0.370 e. The summed E-state index contributed by atoms with van der Waals surface area (Å²) >= 11 is 8.37. The largest absolute Gasteiger partial charge is 0.370 e. The Morgan fingerprint density at radius 3 is 2.65 bits per heavy atom. The lowest BCUT2D eigenvalue weighted by Crippen LogP contribution is -2.32. The lowest BCUT2D eigenvalue weighted by atomic mass is 10.1. The molecule has 1 aliphatic heterocycles. The average molecular weight is 271 g/mol. The highest BCUT2D eigenvalue weighted by Gasteiger charge is 2.14. The Morgan fingerprint density at radius 2 is 2.06 bits per heavy atom. The van der Waals surface area contributed by atoms with Gasteiger partial charge in [0.1, 0.15) is 0 Å². The zero-order valence-corrected chi connectivity index (χ0v) is 11.9. The van der Waals surface area contributed by atoms with Gasteiger partial charge in [-0.2, -0.15) is 11.8 Å². The highest BCUT2D eigenvalue weighted by molar-refractivity contribution is 7.99. The minimum absolute atomic E-state index is 0.300. The highest BCUT2D eigenvalue weighted by atomic mass is 35.5. The van der Waals surface area contributed by atoms with Crippen LogP contribution in [0.2, 0.25) is 5.02 Å². The van der Waals surface area contributed by atoms with E-state index in [4.69, 9.17) is 11.6 Å². The molecule has 0 aromatic heterocycles. The van der Waals surface area contributed by atoms with Crippen LogP contribution in [0.25, 0.3) is 0 Å². The topological polar surface area (TPSA) is 15.3 Å². The van der Waals surface area contributed by atoms with E-state index in [-0.39, 0.29) is 0 Å². The minimum atomic E-state index is 0.300. The van der Waals surface area contributed by atoms with Crippen LogP contribution >= 0.6 is 23.4 Å². The lowest BCUT2D eigenvalue weighted by molar-refractivity contribution is 0.652. The zero-order valence-electron chi connectivity index (χ0n) is 10.4. The van der Waals surface area contributed by atoms with Gasteiger partial charge in [0.05, 0.1) is 0 Å². The maximum Gasteiger partial charge on any atom is 0.0474 e. The van der Waals surface area contributed by atoms with Crippen molar-refractivity contribution in [2.45, 2.75) is 13.0 Å². The summed E-state index contributed by atoms with van der Waals surface area (Å²) in [7, 11) is 1.96. The number of hydrogen-bond acceptors (Lipinski definition) is 3. The van der Waals surface area contributed by atoms with Gasteiger partial charge >= 0.3 is 0 Å². The SMILES string of the molecule is CNC(C)c1ccc(N2CCSCC2)cc1Cl. The molecule has 0 bridgehead atoms. The van der Waals surface area contributed by atoms with Gasteiger partial charge in [0.25, 0.3) is 0 Å². The summed E-state index contributed by atoms with van der Waals surface area (Å²) in [5.74, 6) is 2.43. The monoisotopic (exact) mass is 270 g/mol. The van der Waals surface area contributed by atoms with E-state index in [0.29, 0.717) is 6.04 Å². The standard InChI is InChI=1S/C13H19ClN2S/c1-10(15-2)12-4-3-11(9-13(12)14)16-5-7-17-8-6-16/h3-4,9-10,15H,5-8H2,1-2H3. The van der Waals surface area contributed by atoms with Crippen molar-refractivity contribution in [1.82, 2.24) is 5.32 Å². The van der Waals surface area contributed by atoms with Crippen molar-refractivity contribution >= 4 is 29.1 Å². The van der Waals surface area contributed by atoms with Crippen LogP contribution in [0.3, 0.4) is 0 Å². The maximum absolute atomic E-state index is 6.35. The smallest absolute Gasteiger partial charge is 0.0474 e. The zero-order chi connectivity index (χ0) is 12.3. The fraction of sp³-hybridized carbons (Fsp3) is 0.538. The molecule has 1 N–H and O–H groups in total. The van der Waals surface area contributed by atoms with Gasteiger partial charge in [0.2, 0.25) is 0 Å². The molecule has 0 aliphatic carbocycles. The van der Waals surface area contributed by atoms with Gasteiger partial charge in [0.15, 0.2) is 0 Å². The van der Waals surface area contributed by atoms with E-state index in [2.05, 4.69) is 35.3 Å². The van der Waals surface area contributed by atoms with Crippen LogP contribution in [0.1, 0.15) is 18.5 Å².